The Morgan fingerprint density at radius 2 is 1.79 bits per heavy atom. The molecule has 1 saturated heterocycles. The van der Waals surface area contributed by atoms with E-state index in [0.29, 0.717) is 26.1 Å². The van der Waals surface area contributed by atoms with Crippen molar-refractivity contribution in [2.75, 3.05) is 25.2 Å². The molecule has 1 aliphatic rings. The maximum absolute atomic E-state index is 12.9. The van der Waals surface area contributed by atoms with Crippen molar-refractivity contribution in [3.63, 3.8) is 0 Å². The Labute approximate surface area is 193 Å². The number of para-hydroxylation sites is 2. The van der Waals surface area contributed by atoms with Gasteiger partial charge >= 0.3 is 0 Å². The maximum atomic E-state index is 12.9. The van der Waals surface area contributed by atoms with Crippen LogP contribution in [0.4, 0.5) is 5.69 Å². The van der Waals surface area contributed by atoms with Crippen LogP contribution in [0.5, 0.6) is 11.5 Å². The van der Waals surface area contributed by atoms with Crippen molar-refractivity contribution in [1.29, 1.82) is 0 Å². The number of hydrogen-bond acceptors (Lipinski definition) is 4. The van der Waals surface area contributed by atoms with Gasteiger partial charge in [-0.1, -0.05) is 35.9 Å². The molecule has 4 aromatic rings. The summed E-state index contributed by atoms with van der Waals surface area (Å²) in [7, 11) is 1.64. The first kappa shape index (κ1) is 21.1. The summed E-state index contributed by atoms with van der Waals surface area (Å²) in [6.45, 7) is 3.81. The van der Waals surface area contributed by atoms with Crippen LogP contribution in [0, 0.1) is 6.92 Å². The lowest BCUT2D eigenvalue weighted by molar-refractivity contribution is -0.117. The number of rotatable bonds is 7. The van der Waals surface area contributed by atoms with Crippen molar-refractivity contribution in [2.45, 2.75) is 25.8 Å². The minimum Gasteiger partial charge on any atom is -0.497 e. The van der Waals surface area contributed by atoms with Gasteiger partial charge in [-0.2, -0.15) is 0 Å². The minimum absolute atomic E-state index is 0.0306. The number of ether oxygens (including phenoxy) is 2. The predicted octanol–water partition coefficient (Wildman–Crippen LogP) is 4.95. The van der Waals surface area contributed by atoms with E-state index in [4.69, 9.17) is 14.5 Å². The van der Waals surface area contributed by atoms with Gasteiger partial charge in [0.15, 0.2) is 0 Å². The summed E-state index contributed by atoms with van der Waals surface area (Å²) < 4.78 is 13.5. The highest BCUT2D eigenvalue weighted by Crippen LogP contribution is 2.33. The molecule has 6 nitrogen and oxygen atoms in total. The molecule has 1 fully saturated rings. The standard InChI is InChI=1S/C27H27N3O3/c1-19-10-12-21(13-11-19)30-18-20(16-26(30)31)27-28-24-8-3-4-9-25(24)29(27)14-15-33-23-7-5-6-22(17-23)32-2/h3-13,17,20H,14-16,18H2,1-2H3/t20-/m1/s1. The maximum Gasteiger partial charge on any atom is 0.227 e. The minimum atomic E-state index is 0.0306. The summed E-state index contributed by atoms with van der Waals surface area (Å²) in [6.07, 6.45) is 0.452. The van der Waals surface area contributed by atoms with Gasteiger partial charge in [0.05, 0.1) is 24.7 Å². The number of carbonyl (C=O) groups is 1. The third kappa shape index (κ3) is 4.29. The van der Waals surface area contributed by atoms with Gasteiger partial charge in [0.25, 0.3) is 0 Å². The molecule has 1 amide bonds. The second kappa shape index (κ2) is 8.98. The summed E-state index contributed by atoms with van der Waals surface area (Å²) in [5.41, 5.74) is 4.12. The highest BCUT2D eigenvalue weighted by molar-refractivity contribution is 5.96. The first-order chi connectivity index (χ1) is 16.1. The number of carbonyl (C=O) groups excluding carboxylic acids is 1. The highest BCUT2D eigenvalue weighted by atomic mass is 16.5. The normalized spacial score (nSPS) is 15.9. The fourth-order valence-electron chi connectivity index (χ4n) is 4.44. The van der Waals surface area contributed by atoms with Gasteiger partial charge < -0.3 is 18.9 Å². The predicted molar refractivity (Wildman–Crippen MR) is 129 cm³/mol. The van der Waals surface area contributed by atoms with Crippen molar-refractivity contribution in [1.82, 2.24) is 9.55 Å². The van der Waals surface area contributed by atoms with Crippen molar-refractivity contribution in [3.8, 4) is 11.5 Å². The molecule has 0 spiro atoms. The van der Waals surface area contributed by atoms with Crippen molar-refractivity contribution in [3.05, 3.63) is 84.2 Å². The molecule has 5 rings (SSSR count). The molecule has 0 radical (unpaired) electrons. The molecule has 0 saturated carbocycles. The molecule has 33 heavy (non-hydrogen) atoms. The van der Waals surface area contributed by atoms with Crippen LogP contribution in [-0.4, -0.2) is 35.7 Å². The number of amides is 1. The Balaban J connectivity index is 1.38. The van der Waals surface area contributed by atoms with Gasteiger partial charge in [-0.15, -0.1) is 0 Å². The quantitative estimate of drug-likeness (QED) is 0.407. The molecular formula is C27H27N3O3. The lowest BCUT2D eigenvalue weighted by atomic mass is 10.1. The third-order valence-electron chi connectivity index (χ3n) is 6.14. The van der Waals surface area contributed by atoms with E-state index in [9.17, 15) is 4.79 Å². The van der Waals surface area contributed by atoms with Gasteiger partial charge in [-0.05, 0) is 43.3 Å². The van der Waals surface area contributed by atoms with Crippen molar-refractivity contribution >= 4 is 22.6 Å². The first-order valence-electron chi connectivity index (χ1n) is 11.2. The summed E-state index contributed by atoms with van der Waals surface area (Å²) in [5.74, 6) is 2.63. The Hall–Kier alpha value is -3.80. The molecule has 2 heterocycles. The summed E-state index contributed by atoms with van der Waals surface area (Å²) in [5, 5.41) is 0. The molecular weight excluding hydrogens is 414 g/mol. The van der Waals surface area contributed by atoms with Gasteiger partial charge in [-0.3, -0.25) is 4.79 Å². The second-order valence-corrected chi connectivity index (χ2v) is 8.38. The van der Waals surface area contributed by atoms with Gasteiger partial charge in [0, 0.05) is 30.6 Å². The molecule has 168 valence electrons. The molecule has 1 aromatic heterocycles. The summed E-state index contributed by atoms with van der Waals surface area (Å²) >= 11 is 0. The van der Waals surface area contributed by atoms with E-state index in [1.165, 1.54) is 5.56 Å². The Kier molecular flexibility index (Phi) is 5.73. The zero-order valence-electron chi connectivity index (χ0n) is 18.9. The third-order valence-corrected chi connectivity index (χ3v) is 6.14. The van der Waals surface area contributed by atoms with Gasteiger partial charge in [0.2, 0.25) is 5.91 Å². The fraction of sp³-hybridized carbons (Fsp3) is 0.259. The van der Waals surface area contributed by atoms with Gasteiger partial charge in [-0.25, -0.2) is 4.98 Å². The van der Waals surface area contributed by atoms with E-state index < -0.39 is 0 Å². The number of nitrogens with zero attached hydrogens (tertiary/aromatic N) is 3. The first-order valence-corrected chi connectivity index (χ1v) is 11.2. The number of imidazole rings is 1. The average molecular weight is 442 g/mol. The van der Waals surface area contributed by atoms with E-state index >= 15 is 0 Å². The number of anilines is 1. The van der Waals surface area contributed by atoms with Crippen LogP contribution in [-0.2, 0) is 11.3 Å². The molecule has 3 aromatic carbocycles. The lowest BCUT2D eigenvalue weighted by Gasteiger charge is -2.18. The fourth-order valence-corrected chi connectivity index (χ4v) is 4.44. The van der Waals surface area contributed by atoms with Crippen LogP contribution >= 0.6 is 0 Å². The van der Waals surface area contributed by atoms with Crippen LogP contribution < -0.4 is 14.4 Å². The van der Waals surface area contributed by atoms with Crippen LogP contribution in [0.15, 0.2) is 72.8 Å². The van der Waals surface area contributed by atoms with Crippen molar-refractivity contribution < 1.29 is 14.3 Å². The van der Waals surface area contributed by atoms with E-state index in [0.717, 1.165) is 34.0 Å². The molecule has 1 atom stereocenters. The van der Waals surface area contributed by atoms with Crippen LogP contribution in [0.1, 0.15) is 23.7 Å². The topological polar surface area (TPSA) is 56.6 Å². The Morgan fingerprint density at radius 1 is 1.00 bits per heavy atom. The molecule has 0 aliphatic carbocycles. The van der Waals surface area contributed by atoms with E-state index in [1.54, 1.807) is 7.11 Å². The number of aryl methyl sites for hydroxylation is 1. The SMILES string of the molecule is COc1cccc(OCCn2c([C@@H]3CC(=O)N(c4ccc(C)cc4)C3)nc3ccccc32)c1. The number of hydrogen-bond donors (Lipinski definition) is 0. The Morgan fingerprint density at radius 3 is 2.61 bits per heavy atom. The Bertz CT molecular complexity index is 1280. The highest BCUT2D eigenvalue weighted by Gasteiger charge is 2.34. The van der Waals surface area contributed by atoms with E-state index in [1.807, 2.05) is 78.6 Å². The number of fused-ring (bicyclic) bond motifs is 1. The molecule has 6 heteroatoms. The number of aromatic nitrogens is 2. The molecule has 1 aliphatic heterocycles. The average Bonchev–Trinajstić information content (AvgIpc) is 3.40. The zero-order valence-corrected chi connectivity index (χ0v) is 18.9. The van der Waals surface area contributed by atoms with E-state index in [-0.39, 0.29) is 11.8 Å². The molecule has 0 unspecified atom stereocenters. The second-order valence-electron chi connectivity index (χ2n) is 8.38. The van der Waals surface area contributed by atoms with Crippen LogP contribution in [0.25, 0.3) is 11.0 Å². The van der Waals surface area contributed by atoms with Gasteiger partial charge in [0.1, 0.15) is 23.9 Å². The summed E-state index contributed by atoms with van der Waals surface area (Å²) in [6, 6.07) is 23.8. The smallest absolute Gasteiger partial charge is 0.227 e. The van der Waals surface area contributed by atoms with Crippen LogP contribution in [0.2, 0.25) is 0 Å². The van der Waals surface area contributed by atoms with Crippen molar-refractivity contribution in [2.24, 2.45) is 0 Å². The van der Waals surface area contributed by atoms with Crippen LogP contribution in [0.3, 0.4) is 0 Å². The molecule has 0 N–H and O–H groups in total. The largest absolute Gasteiger partial charge is 0.497 e. The summed E-state index contributed by atoms with van der Waals surface area (Å²) in [4.78, 5) is 19.7. The monoisotopic (exact) mass is 441 g/mol. The number of methoxy groups -OCH3 is 1. The number of benzene rings is 3. The molecule has 0 bridgehead atoms. The van der Waals surface area contributed by atoms with E-state index in [2.05, 4.69) is 10.6 Å². The zero-order chi connectivity index (χ0) is 22.8. The lowest BCUT2D eigenvalue weighted by Crippen LogP contribution is -2.24.